The van der Waals surface area contributed by atoms with Crippen LogP contribution < -0.4 is 10.6 Å². The number of hydrogen-bond acceptors (Lipinski definition) is 2. The number of hydrogen-bond donors (Lipinski definition) is 2. The Morgan fingerprint density at radius 3 is 2.07 bits per heavy atom. The molecular formula is C11H22N2O. The van der Waals surface area contributed by atoms with E-state index in [1.807, 2.05) is 0 Å². The Balaban J connectivity index is 2.26. The van der Waals surface area contributed by atoms with Crippen LogP contribution in [0.15, 0.2) is 0 Å². The van der Waals surface area contributed by atoms with E-state index in [0.29, 0.717) is 23.3 Å². The van der Waals surface area contributed by atoms with Crippen molar-refractivity contribution >= 4 is 5.91 Å². The molecule has 0 bridgehead atoms. The summed E-state index contributed by atoms with van der Waals surface area (Å²) in [5, 5.41) is 5.80. The zero-order valence-electron chi connectivity index (χ0n) is 9.90. The second-order valence-electron chi connectivity index (χ2n) is 5.30. The molecule has 0 atom stereocenters. The molecule has 0 aromatic heterocycles. The third-order valence-electron chi connectivity index (χ3n) is 4.23. The molecule has 0 aromatic carbocycles. The summed E-state index contributed by atoms with van der Waals surface area (Å²) < 4.78 is 0. The van der Waals surface area contributed by atoms with Gasteiger partial charge in [0, 0.05) is 7.05 Å². The molecule has 1 fully saturated rings. The monoisotopic (exact) mass is 198 g/mol. The lowest BCUT2D eigenvalue weighted by Crippen LogP contribution is -2.33. The molecule has 3 heteroatoms. The van der Waals surface area contributed by atoms with E-state index in [0.717, 1.165) is 6.54 Å². The van der Waals surface area contributed by atoms with Crippen molar-refractivity contribution in [2.45, 2.75) is 27.7 Å². The molecule has 0 heterocycles. The number of likely N-dealkylation sites (N-methyl/N-ethyl adjacent to an activating group) is 1. The summed E-state index contributed by atoms with van der Waals surface area (Å²) in [6, 6.07) is 0. The molecule has 1 aliphatic carbocycles. The molecule has 1 aliphatic rings. The highest BCUT2D eigenvalue weighted by Crippen LogP contribution is 2.67. The minimum Gasteiger partial charge on any atom is -0.358 e. The number of carbonyl (C=O) groups excluding carboxylic acids is 1. The van der Waals surface area contributed by atoms with Crippen molar-refractivity contribution in [1.29, 1.82) is 0 Å². The van der Waals surface area contributed by atoms with E-state index in [9.17, 15) is 4.79 Å². The zero-order valence-corrected chi connectivity index (χ0v) is 9.90. The topological polar surface area (TPSA) is 41.1 Å². The average molecular weight is 198 g/mol. The number of rotatable bonds is 4. The molecule has 82 valence electrons. The van der Waals surface area contributed by atoms with Crippen molar-refractivity contribution < 1.29 is 4.79 Å². The van der Waals surface area contributed by atoms with Crippen LogP contribution in [0.1, 0.15) is 27.7 Å². The molecule has 1 saturated carbocycles. The van der Waals surface area contributed by atoms with E-state index in [-0.39, 0.29) is 5.91 Å². The molecular weight excluding hydrogens is 176 g/mol. The van der Waals surface area contributed by atoms with Gasteiger partial charge in [0.2, 0.25) is 5.91 Å². The van der Waals surface area contributed by atoms with Gasteiger partial charge in [-0.2, -0.15) is 0 Å². The fraction of sp³-hybridized carbons (Fsp3) is 0.909. The van der Waals surface area contributed by atoms with Gasteiger partial charge < -0.3 is 10.6 Å². The van der Waals surface area contributed by atoms with Gasteiger partial charge in [0.1, 0.15) is 0 Å². The minimum absolute atomic E-state index is 0.0567. The molecule has 0 unspecified atom stereocenters. The summed E-state index contributed by atoms with van der Waals surface area (Å²) in [6.45, 7) is 10.5. The van der Waals surface area contributed by atoms with Crippen molar-refractivity contribution in [1.82, 2.24) is 10.6 Å². The maximum absolute atomic E-state index is 11.0. The summed E-state index contributed by atoms with van der Waals surface area (Å²) in [7, 11) is 1.66. The van der Waals surface area contributed by atoms with E-state index in [1.165, 1.54) is 0 Å². The Bertz CT molecular complexity index is 219. The molecule has 14 heavy (non-hydrogen) atoms. The van der Waals surface area contributed by atoms with E-state index in [1.54, 1.807) is 7.05 Å². The van der Waals surface area contributed by atoms with Crippen LogP contribution in [0.2, 0.25) is 0 Å². The SMILES string of the molecule is CNC(=O)CNCC1C(C)(C)C1(C)C. The lowest BCUT2D eigenvalue weighted by molar-refractivity contribution is -0.119. The highest BCUT2D eigenvalue weighted by molar-refractivity contribution is 5.77. The maximum Gasteiger partial charge on any atom is 0.233 e. The number of amides is 1. The van der Waals surface area contributed by atoms with Crippen LogP contribution in [0, 0.1) is 16.7 Å². The predicted molar refractivity (Wildman–Crippen MR) is 58.0 cm³/mol. The Morgan fingerprint density at radius 2 is 1.71 bits per heavy atom. The van der Waals surface area contributed by atoms with Crippen molar-refractivity contribution in [2.75, 3.05) is 20.1 Å². The molecule has 0 aromatic rings. The van der Waals surface area contributed by atoms with E-state index < -0.39 is 0 Å². The largest absolute Gasteiger partial charge is 0.358 e. The molecule has 2 N–H and O–H groups in total. The van der Waals surface area contributed by atoms with Gasteiger partial charge in [-0.15, -0.1) is 0 Å². The Morgan fingerprint density at radius 1 is 1.21 bits per heavy atom. The molecule has 0 aliphatic heterocycles. The second-order valence-corrected chi connectivity index (χ2v) is 5.30. The second kappa shape index (κ2) is 3.54. The van der Waals surface area contributed by atoms with Crippen molar-refractivity contribution in [3.05, 3.63) is 0 Å². The normalized spacial score (nSPS) is 23.2. The van der Waals surface area contributed by atoms with Crippen LogP contribution in [-0.4, -0.2) is 26.0 Å². The van der Waals surface area contributed by atoms with Crippen LogP contribution in [0.4, 0.5) is 0 Å². The average Bonchev–Trinajstić information content (AvgIpc) is 2.47. The maximum atomic E-state index is 11.0. The quantitative estimate of drug-likeness (QED) is 0.707. The molecule has 1 amide bonds. The van der Waals surface area contributed by atoms with Crippen molar-refractivity contribution in [3.63, 3.8) is 0 Å². The van der Waals surface area contributed by atoms with Crippen molar-refractivity contribution in [2.24, 2.45) is 16.7 Å². The molecule has 3 nitrogen and oxygen atoms in total. The lowest BCUT2D eigenvalue weighted by atomic mass is 10.0. The summed E-state index contributed by atoms with van der Waals surface area (Å²) in [6.07, 6.45) is 0. The third kappa shape index (κ3) is 1.78. The summed E-state index contributed by atoms with van der Waals surface area (Å²) in [4.78, 5) is 11.0. The van der Waals surface area contributed by atoms with Gasteiger partial charge in [-0.1, -0.05) is 27.7 Å². The fourth-order valence-corrected chi connectivity index (χ4v) is 2.26. The Labute approximate surface area is 86.6 Å². The first kappa shape index (κ1) is 11.5. The standard InChI is InChI=1S/C11H22N2O/c1-10(2)8(11(10,3)4)6-13-7-9(14)12-5/h8,13H,6-7H2,1-5H3,(H,12,14). The van der Waals surface area contributed by atoms with Gasteiger partial charge >= 0.3 is 0 Å². The van der Waals surface area contributed by atoms with Crippen LogP contribution in [-0.2, 0) is 4.79 Å². The summed E-state index contributed by atoms with van der Waals surface area (Å²) in [5.41, 5.74) is 0.811. The molecule has 1 rings (SSSR count). The lowest BCUT2D eigenvalue weighted by Gasteiger charge is -2.04. The number of nitrogens with one attached hydrogen (secondary N) is 2. The third-order valence-corrected chi connectivity index (χ3v) is 4.23. The Hall–Kier alpha value is -0.570. The van der Waals surface area contributed by atoms with Crippen LogP contribution in [0.3, 0.4) is 0 Å². The van der Waals surface area contributed by atoms with Crippen LogP contribution in [0.25, 0.3) is 0 Å². The molecule has 0 saturated heterocycles. The van der Waals surface area contributed by atoms with E-state index >= 15 is 0 Å². The summed E-state index contributed by atoms with van der Waals surface area (Å²) in [5.74, 6) is 0.737. The highest BCUT2D eigenvalue weighted by atomic mass is 16.1. The zero-order chi connectivity index (χ0) is 11.0. The Kier molecular flexibility index (Phi) is 2.91. The van der Waals surface area contributed by atoms with Crippen LogP contribution in [0.5, 0.6) is 0 Å². The van der Waals surface area contributed by atoms with Gasteiger partial charge in [0.05, 0.1) is 6.54 Å². The number of carbonyl (C=O) groups is 1. The van der Waals surface area contributed by atoms with Gasteiger partial charge in [-0.3, -0.25) is 4.79 Å². The van der Waals surface area contributed by atoms with E-state index in [4.69, 9.17) is 0 Å². The first-order valence-electron chi connectivity index (χ1n) is 5.25. The predicted octanol–water partition coefficient (Wildman–Crippen LogP) is 1.00. The van der Waals surface area contributed by atoms with Gasteiger partial charge in [-0.25, -0.2) is 0 Å². The van der Waals surface area contributed by atoms with E-state index in [2.05, 4.69) is 38.3 Å². The van der Waals surface area contributed by atoms with Crippen LogP contribution >= 0.6 is 0 Å². The van der Waals surface area contributed by atoms with Gasteiger partial charge in [0.15, 0.2) is 0 Å². The fourth-order valence-electron chi connectivity index (χ4n) is 2.26. The van der Waals surface area contributed by atoms with Gasteiger partial charge in [-0.05, 0) is 23.3 Å². The first-order valence-corrected chi connectivity index (χ1v) is 5.25. The highest BCUT2D eigenvalue weighted by Gasteiger charge is 2.63. The summed E-state index contributed by atoms with van der Waals surface area (Å²) >= 11 is 0. The molecule has 0 spiro atoms. The minimum atomic E-state index is 0.0567. The first-order chi connectivity index (χ1) is 6.34. The molecule has 0 radical (unpaired) electrons. The smallest absolute Gasteiger partial charge is 0.233 e. The van der Waals surface area contributed by atoms with Gasteiger partial charge in [0.25, 0.3) is 0 Å². The van der Waals surface area contributed by atoms with Crippen molar-refractivity contribution in [3.8, 4) is 0 Å².